The Balaban J connectivity index is 1.66. The van der Waals surface area contributed by atoms with Gasteiger partial charge in [-0.2, -0.15) is 0 Å². The molecule has 0 amide bonds. The number of hydrogen-bond donors (Lipinski definition) is 1. The lowest BCUT2D eigenvalue weighted by Crippen LogP contribution is -2.15. The Morgan fingerprint density at radius 3 is 2.14 bits per heavy atom. The van der Waals surface area contributed by atoms with Crippen molar-refractivity contribution in [2.24, 2.45) is 0 Å². The molecule has 0 atom stereocenters. The highest BCUT2D eigenvalue weighted by Crippen LogP contribution is 2.38. The number of benzene rings is 3. The molecule has 0 saturated carbocycles. The summed E-state index contributed by atoms with van der Waals surface area (Å²) in [7, 11) is -3.88. The minimum Gasteiger partial charge on any atom is -0.454 e. The van der Waals surface area contributed by atoms with Crippen LogP contribution in [0.3, 0.4) is 0 Å². The van der Waals surface area contributed by atoms with E-state index in [1.165, 1.54) is 31.2 Å². The highest BCUT2D eigenvalue weighted by atomic mass is 32.2. The molecule has 4 rings (SSSR count). The van der Waals surface area contributed by atoms with Gasteiger partial charge in [-0.05, 0) is 36.2 Å². The monoisotopic (exact) mass is 395 g/mol. The van der Waals surface area contributed by atoms with Crippen molar-refractivity contribution in [1.29, 1.82) is 0 Å². The lowest BCUT2D eigenvalue weighted by Gasteiger charge is -2.13. The summed E-state index contributed by atoms with van der Waals surface area (Å²) in [4.78, 5) is 12.1. The maximum atomic E-state index is 12.8. The van der Waals surface area contributed by atoms with E-state index in [1.807, 2.05) is 30.3 Å². The van der Waals surface area contributed by atoms with E-state index in [-0.39, 0.29) is 28.7 Å². The molecule has 0 radical (unpaired) electrons. The zero-order valence-corrected chi connectivity index (χ0v) is 15.8. The van der Waals surface area contributed by atoms with E-state index in [9.17, 15) is 13.2 Å². The zero-order valence-electron chi connectivity index (χ0n) is 15.0. The van der Waals surface area contributed by atoms with E-state index < -0.39 is 10.0 Å². The summed E-state index contributed by atoms with van der Waals surface area (Å²) in [5, 5.41) is 0. The van der Waals surface area contributed by atoms with Crippen LogP contribution in [0.15, 0.2) is 71.6 Å². The van der Waals surface area contributed by atoms with Crippen LogP contribution in [0.25, 0.3) is 11.1 Å². The summed E-state index contributed by atoms with van der Waals surface area (Å²) in [6.45, 7) is 1.40. The summed E-state index contributed by atoms with van der Waals surface area (Å²) in [6.07, 6.45) is 0. The van der Waals surface area contributed by atoms with Crippen molar-refractivity contribution in [3.8, 4) is 22.6 Å². The standard InChI is InChI=1S/C21H17NO5S/c1-14(23)18-11-20-21(27-13-26-20)12-19(18)22-28(24,25)17-9-7-16(8-10-17)15-5-3-2-4-6-15/h2-12,22H,13H2,1H3. The summed E-state index contributed by atoms with van der Waals surface area (Å²) >= 11 is 0. The summed E-state index contributed by atoms with van der Waals surface area (Å²) in [5.41, 5.74) is 2.28. The van der Waals surface area contributed by atoms with Gasteiger partial charge >= 0.3 is 0 Å². The Morgan fingerprint density at radius 1 is 0.893 bits per heavy atom. The van der Waals surface area contributed by atoms with Crippen molar-refractivity contribution in [2.45, 2.75) is 11.8 Å². The topological polar surface area (TPSA) is 81.7 Å². The molecule has 0 aliphatic carbocycles. The molecule has 0 fully saturated rings. The number of fused-ring (bicyclic) bond motifs is 1. The van der Waals surface area contributed by atoms with Crippen LogP contribution in [0.1, 0.15) is 17.3 Å². The lowest BCUT2D eigenvalue weighted by atomic mass is 10.1. The number of Topliss-reactive ketones (excluding diaryl/α,β-unsaturated/α-hetero) is 1. The van der Waals surface area contributed by atoms with E-state index in [2.05, 4.69) is 4.72 Å². The van der Waals surface area contributed by atoms with Crippen molar-refractivity contribution < 1.29 is 22.7 Å². The van der Waals surface area contributed by atoms with Crippen LogP contribution >= 0.6 is 0 Å². The average molecular weight is 395 g/mol. The first kappa shape index (κ1) is 18.1. The molecular weight excluding hydrogens is 378 g/mol. The van der Waals surface area contributed by atoms with Gasteiger partial charge in [-0.1, -0.05) is 42.5 Å². The summed E-state index contributed by atoms with van der Waals surface area (Å²) in [5.74, 6) is 0.526. The average Bonchev–Trinajstić information content (AvgIpc) is 3.15. The SMILES string of the molecule is CC(=O)c1cc2c(cc1NS(=O)(=O)c1ccc(-c3ccccc3)cc1)OCO2. The van der Waals surface area contributed by atoms with Crippen molar-refractivity contribution >= 4 is 21.5 Å². The first-order chi connectivity index (χ1) is 13.4. The van der Waals surface area contributed by atoms with Gasteiger partial charge < -0.3 is 9.47 Å². The van der Waals surface area contributed by atoms with Gasteiger partial charge in [0.15, 0.2) is 17.3 Å². The number of sulfonamides is 1. The fourth-order valence-corrected chi connectivity index (χ4v) is 4.05. The van der Waals surface area contributed by atoms with Gasteiger partial charge in [-0.25, -0.2) is 8.42 Å². The van der Waals surface area contributed by atoms with Crippen LogP contribution in [0, 0.1) is 0 Å². The minimum absolute atomic E-state index is 0.0316. The number of ether oxygens (including phenoxy) is 2. The van der Waals surface area contributed by atoms with Gasteiger partial charge in [0, 0.05) is 11.6 Å². The molecule has 0 unspecified atom stereocenters. The van der Waals surface area contributed by atoms with Crippen LogP contribution < -0.4 is 14.2 Å². The fourth-order valence-electron chi connectivity index (χ4n) is 2.98. The molecular formula is C21H17NO5S. The quantitative estimate of drug-likeness (QED) is 0.658. The highest BCUT2D eigenvalue weighted by Gasteiger charge is 2.23. The number of ketones is 1. The number of carbonyl (C=O) groups is 1. The van der Waals surface area contributed by atoms with E-state index in [0.717, 1.165) is 11.1 Å². The fraction of sp³-hybridized carbons (Fsp3) is 0.0952. The van der Waals surface area contributed by atoms with Gasteiger partial charge in [-0.3, -0.25) is 9.52 Å². The third-order valence-corrected chi connectivity index (χ3v) is 5.79. The normalized spacial score (nSPS) is 12.6. The van der Waals surface area contributed by atoms with Crippen LogP contribution in [-0.4, -0.2) is 21.0 Å². The summed E-state index contributed by atoms with van der Waals surface area (Å²) in [6, 6.07) is 19.2. The lowest BCUT2D eigenvalue weighted by molar-refractivity contribution is 0.101. The smallest absolute Gasteiger partial charge is 0.261 e. The molecule has 142 valence electrons. The summed E-state index contributed by atoms with van der Waals surface area (Å²) < 4.78 is 38.7. The molecule has 1 heterocycles. The molecule has 0 bridgehead atoms. The second-order valence-corrected chi connectivity index (χ2v) is 7.99. The van der Waals surface area contributed by atoms with Crippen molar-refractivity contribution in [3.63, 3.8) is 0 Å². The molecule has 3 aromatic carbocycles. The number of rotatable bonds is 5. The Morgan fingerprint density at radius 2 is 1.50 bits per heavy atom. The minimum atomic E-state index is -3.88. The maximum absolute atomic E-state index is 12.8. The van der Waals surface area contributed by atoms with Gasteiger partial charge in [0.25, 0.3) is 10.0 Å². The van der Waals surface area contributed by atoms with Crippen molar-refractivity contribution in [1.82, 2.24) is 0 Å². The predicted octanol–water partition coefficient (Wildman–Crippen LogP) is 4.09. The third-order valence-electron chi connectivity index (χ3n) is 4.41. The number of anilines is 1. The van der Waals surface area contributed by atoms with E-state index >= 15 is 0 Å². The Bertz CT molecular complexity index is 1140. The Labute approximate surface area is 162 Å². The Kier molecular flexibility index (Phi) is 4.52. The van der Waals surface area contributed by atoms with Crippen LogP contribution in [0.2, 0.25) is 0 Å². The predicted molar refractivity (Wildman–Crippen MR) is 105 cm³/mol. The molecule has 28 heavy (non-hydrogen) atoms. The molecule has 0 aromatic heterocycles. The molecule has 7 heteroatoms. The van der Waals surface area contributed by atoms with Gasteiger partial charge in [0.2, 0.25) is 6.79 Å². The zero-order chi connectivity index (χ0) is 19.7. The van der Waals surface area contributed by atoms with Crippen LogP contribution in [-0.2, 0) is 10.0 Å². The maximum Gasteiger partial charge on any atom is 0.261 e. The number of hydrogen-bond acceptors (Lipinski definition) is 5. The second kappa shape index (κ2) is 7.01. The Hall–Kier alpha value is -3.32. The van der Waals surface area contributed by atoms with Gasteiger partial charge in [0.05, 0.1) is 10.6 Å². The van der Waals surface area contributed by atoms with Crippen LogP contribution in [0.4, 0.5) is 5.69 Å². The number of nitrogens with one attached hydrogen (secondary N) is 1. The molecule has 6 nitrogen and oxygen atoms in total. The first-order valence-electron chi connectivity index (χ1n) is 8.57. The molecule has 1 N–H and O–H groups in total. The van der Waals surface area contributed by atoms with Crippen molar-refractivity contribution in [3.05, 3.63) is 72.3 Å². The number of carbonyl (C=O) groups excluding carboxylic acids is 1. The van der Waals surface area contributed by atoms with E-state index in [1.54, 1.807) is 12.1 Å². The van der Waals surface area contributed by atoms with Crippen molar-refractivity contribution in [2.75, 3.05) is 11.5 Å². The van der Waals surface area contributed by atoms with Gasteiger partial charge in [0.1, 0.15) is 0 Å². The highest BCUT2D eigenvalue weighted by molar-refractivity contribution is 7.92. The third kappa shape index (κ3) is 3.44. The van der Waals surface area contributed by atoms with Crippen LogP contribution in [0.5, 0.6) is 11.5 Å². The first-order valence-corrected chi connectivity index (χ1v) is 10.1. The van der Waals surface area contributed by atoms with Gasteiger partial charge in [-0.15, -0.1) is 0 Å². The van der Waals surface area contributed by atoms with E-state index in [0.29, 0.717) is 11.5 Å². The molecule has 3 aromatic rings. The molecule has 0 saturated heterocycles. The molecule has 1 aliphatic rings. The van der Waals surface area contributed by atoms with E-state index in [4.69, 9.17) is 9.47 Å². The molecule has 1 aliphatic heterocycles. The largest absolute Gasteiger partial charge is 0.454 e. The molecule has 0 spiro atoms. The second-order valence-electron chi connectivity index (χ2n) is 6.30.